The van der Waals surface area contributed by atoms with Crippen molar-refractivity contribution in [3.05, 3.63) is 21.9 Å². The van der Waals surface area contributed by atoms with Crippen LogP contribution in [0.2, 0.25) is 0 Å². The van der Waals surface area contributed by atoms with Gasteiger partial charge in [-0.25, -0.2) is 0 Å². The fraction of sp³-hybridized carbons (Fsp3) is 0.714. The van der Waals surface area contributed by atoms with Crippen molar-refractivity contribution in [3.63, 3.8) is 0 Å². The molecule has 1 aromatic rings. The Labute approximate surface area is 108 Å². The lowest BCUT2D eigenvalue weighted by Crippen LogP contribution is -2.34. The Kier molecular flexibility index (Phi) is 3.91. The van der Waals surface area contributed by atoms with Crippen LogP contribution in [0, 0.1) is 11.3 Å². The highest BCUT2D eigenvalue weighted by Crippen LogP contribution is 2.50. The van der Waals surface area contributed by atoms with Crippen LogP contribution in [0.4, 0.5) is 0 Å². The minimum absolute atomic E-state index is 0.0741. The molecule has 1 aliphatic rings. The molecule has 1 saturated carbocycles. The topological polar surface area (TPSA) is 46.2 Å². The van der Waals surface area contributed by atoms with Crippen LogP contribution in [0.15, 0.2) is 12.1 Å². The van der Waals surface area contributed by atoms with Crippen molar-refractivity contribution in [1.29, 1.82) is 0 Å². The molecule has 0 radical (unpaired) electrons. The van der Waals surface area contributed by atoms with Crippen molar-refractivity contribution in [2.24, 2.45) is 17.1 Å². The van der Waals surface area contributed by atoms with Crippen LogP contribution < -0.4 is 5.73 Å². The molecule has 0 aliphatic heterocycles. The molecule has 0 bridgehead atoms. The van der Waals surface area contributed by atoms with E-state index in [2.05, 4.69) is 26.0 Å². The van der Waals surface area contributed by atoms with Crippen LogP contribution in [-0.2, 0) is 6.42 Å². The van der Waals surface area contributed by atoms with E-state index < -0.39 is 0 Å². The van der Waals surface area contributed by atoms with Gasteiger partial charge in [0.15, 0.2) is 0 Å². The maximum Gasteiger partial charge on any atom is 0.0950 e. The molecule has 2 rings (SSSR count). The van der Waals surface area contributed by atoms with Gasteiger partial charge in [0.05, 0.1) is 6.10 Å². The van der Waals surface area contributed by atoms with Crippen molar-refractivity contribution >= 4 is 11.3 Å². The third kappa shape index (κ3) is 2.42. The molecular weight excluding hydrogens is 230 g/mol. The molecule has 3 heteroatoms. The molecular formula is C14H23NOS. The van der Waals surface area contributed by atoms with Gasteiger partial charge in [0.1, 0.15) is 0 Å². The van der Waals surface area contributed by atoms with Gasteiger partial charge in [0.2, 0.25) is 0 Å². The van der Waals surface area contributed by atoms with Crippen molar-refractivity contribution in [3.8, 4) is 0 Å². The lowest BCUT2D eigenvalue weighted by atomic mass is 9.79. The monoisotopic (exact) mass is 253 g/mol. The summed E-state index contributed by atoms with van der Waals surface area (Å²) in [4.78, 5) is 2.44. The summed E-state index contributed by atoms with van der Waals surface area (Å²) in [6.45, 7) is 5.01. The van der Waals surface area contributed by atoms with Crippen molar-refractivity contribution in [2.75, 3.05) is 6.54 Å². The van der Waals surface area contributed by atoms with E-state index in [1.165, 1.54) is 11.3 Å². The number of aryl methyl sites for hydroxylation is 1. The van der Waals surface area contributed by atoms with Gasteiger partial charge in [0, 0.05) is 21.7 Å². The van der Waals surface area contributed by atoms with E-state index in [1.54, 1.807) is 11.3 Å². The molecule has 0 spiro atoms. The standard InChI is InChI=1S/C14H23NOS/c1-3-11-4-5-12(17-11)13(16)14(9-15)7-6-10(2)8-14/h4-5,10,13,16H,3,6-9,15H2,1-2H3. The number of thiophene rings is 1. The van der Waals surface area contributed by atoms with Gasteiger partial charge in [-0.05, 0) is 37.3 Å². The first kappa shape index (κ1) is 13.1. The molecule has 1 fully saturated rings. The van der Waals surface area contributed by atoms with Gasteiger partial charge in [0.25, 0.3) is 0 Å². The van der Waals surface area contributed by atoms with Crippen LogP contribution in [0.25, 0.3) is 0 Å². The average Bonchev–Trinajstić information content (AvgIpc) is 2.95. The van der Waals surface area contributed by atoms with E-state index in [0.717, 1.165) is 24.1 Å². The first-order valence-electron chi connectivity index (χ1n) is 6.58. The van der Waals surface area contributed by atoms with Gasteiger partial charge in [-0.15, -0.1) is 11.3 Å². The third-order valence-electron chi connectivity index (χ3n) is 4.18. The Hall–Kier alpha value is -0.380. The van der Waals surface area contributed by atoms with Crippen LogP contribution >= 0.6 is 11.3 Å². The zero-order valence-electron chi connectivity index (χ0n) is 10.8. The second-order valence-electron chi connectivity index (χ2n) is 5.47. The Morgan fingerprint density at radius 1 is 1.59 bits per heavy atom. The van der Waals surface area contributed by atoms with Crippen LogP contribution in [0.5, 0.6) is 0 Å². The molecule has 96 valence electrons. The summed E-state index contributed by atoms with van der Waals surface area (Å²) in [5, 5.41) is 10.6. The van der Waals surface area contributed by atoms with Gasteiger partial charge in [-0.2, -0.15) is 0 Å². The highest BCUT2D eigenvalue weighted by Gasteiger charge is 2.43. The number of rotatable bonds is 4. The molecule has 1 heterocycles. The van der Waals surface area contributed by atoms with E-state index in [0.29, 0.717) is 12.5 Å². The van der Waals surface area contributed by atoms with Crippen LogP contribution in [0.1, 0.15) is 49.0 Å². The quantitative estimate of drug-likeness (QED) is 0.866. The molecule has 2 nitrogen and oxygen atoms in total. The normalized spacial score (nSPS) is 30.7. The summed E-state index contributed by atoms with van der Waals surface area (Å²) in [6.07, 6.45) is 3.99. The zero-order valence-corrected chi connectivity index (χ0v) is 11.6. The average molecular weight is 253 g/mol. The fourth-order valence-corrected chi connectivity index (χ4v) is 4.09. The molecule has 17 heavy (non-hydrogen) atoms. The Balaban J connectivity index is 2.20. The Morgan fingerprint density at radius 2 is 2.35 bits per heavy atom. The van der Waals surface area contributed by atoms with Crippen LogP contribution in [0.3, 0.4) is 0 Å². The zero-order chi connectivity index (χ0) is 12.5. The summed E-state index contributed by atoms with van der Waals surface area (Å²) in [5.41, 5.74) is 5.88. The second-order valence-corrected chi connectivity index (χ2v) is 6.67. The van der Waals surface area contributed by atoms with Gasteiger partial charge in [-0.1, -0.05) is 20.3 Å². The number of aliphatic hydroxyl groups excluding tert-OH is 1. The van der Waals surface area contributed by atoms with Gasteiger partial charge >= 0.3 is 0 Å². The largest absolute Gasteiger partial charge is 0.387 e. The number of hydrogen-bond acceptors (Lipinski definition) is 3. The van der Waals surface area contributed by atoms with Crippen LogP contribution in [-0.4, -0.2) is 11.7 Å². The third-order valence-corrected chi connectivity index (χ3v) is 5.46. The summed E-state index contributed by atoms with van der Waals surface area (Å²) in [6, 6.07) is 4.21. The molecule has 3 atom stereocenters. The highest BCUT2D eigenvalue weighted by molar-refractivity contribution is 7.12. The molecule has 0 aromatic carbocycles. The molecule has 1 aliphatic carbocycles. The lowest BCUT2D eigenvalue weighted by molar-refractivity contribution is 0.0336. The van der Waals surface area contributed by atoms with Gasteiger partial charge in [-0.3, -0.25) is 0 Å². The molecule has 3 N–H and O–H groups in total. The fourth-order valence-electron chi connectivity index (χ4n) is 3.01. The minimum Gasteiger partial charge on any atom is -0.387 e. The minimum atomic E-state index is -0.372. The maximum atomic E-state index is 10.6. The maximum absolute atomic E-state index is 10.6. The lowest BCUT2D eigenvalue weighted by Gasteiger charge is -2.32. The Morgan fingerprint density at radius 3 is 2.82 bits per heavy atom. The summed E-state index contributed by atoms with van der Waals surface area (Å²) >= 11 is 1.74. The second kappa shape index (κ2) is 5.09. The highest BCUT2D eigenvalue weighted by atomic mass is 32.1. The van der Waals surface area contributed by atoms with Crippen molar-refractivity contribution in [2.45, 2.75) is 45.6 Å². The first-order chi connectivity index (χ1) is 8.11. The predicted molar refractivity (Wildman–Crippen MR) is 73.2 cm³/mol. The van der Waals surface area contributed by atoms with E-state index in [1.807, 2.05) is 0 Å². The summed E-state index contributed by atoms with van der Waals surface area (Å²) in [7, 11) is 0. The van der Waals surface area contributed by atoms with Crippen molar-refractivity contribution < 1.29 is 5.11 Å². The molecule has 3 unspecified atom stereocenters. The van der Waals surface area contributed by atoms with E-state index in [4.69, 9.17) is 5.73 Å². The smallest absolute Gasteiger partial charge is 0.0950 e. The number of nitrogens with two attached hydrogens (primary N) is 1. The van der Waals surface area contributed by atoms with Gasteiger partial charge < -0.3 is 10.8 Å². The number of aliphatic hydroxyl groups is 1. The molecule has 1 aromatic heterocycles. The van der Waals surface area contributed by atoms with E-state index in [-0.39, 0.29) is 11.5 Å². The Bertz CT molecular complexity index is 376. The molecule has 0 saturated heterocycles. The molecule has 0 amide bonds. The van der Waals surface area contributed by atoms with Crippen molar-refractivity contribution in [1.82, 2.24) is 0 Å². The SMILES string of the molecule is CCc1ccc(C(O)C2(CN)CCC(C)C2)s1. The number of hydrogen-bond donors (Lipinski definition) is 2. The van der Waals surface area contributed by atoms with E-state index >= 15 is 0 Å². The summed E-state index contributed by atoms with van der Waals surface area (Å²) < 4.78 is 0. The predicted octanol–water partition coefficient (Wildman–Crippen LogP) is 3.11. The summed E-state index contributed by atoms with van der Waals surface area (Å²) in [5.74, 6) is 0.693. The first-order valence-corrected chi connectivity index (χ1v) is 7.39. The van der Waals surface area contributed by atoms with E-state index in [9.17, 15) is 5.11 Å².